The molecule has 0 aliphatic carbocycles. The molecule has 1 N–H and O–H groups in total. The number of hydrogen-bond acceptors (Lipinski definition) is 2. The minimum Gasteiger partial charge on any atom is -0.379 e. The highest BCUT2D eigenvalue weighted by molar-refractivity contribution is 5.88. The van der Waals surface area contributed by atoms with Gasteiger partial charge in [-0.3, -0.25) is 4.90 Å². The summed E-state index contributed by atoms with van der Waals surface area (Å²) in [7, 11) is 0. The fourth-order valence-corrected chi connectivity index (χ4v) is 3.25. The summed E-state index contributed by atoms with van der Waals surface area (Å²) in [5.74, 6) is 0. The zero-order chi connectivity index (χ0) is 14.1. The van der Waals surface area contributed by atoms with E-state index in [1.54, 1.807) is 0 Å². The Morgan fingerprint density at radius 2 is 1.90 bits per heavy atom. The van der Waals surface area contributed by atoms with Gasteiger partial charge >= 0.3 is 0 Å². The minimum atomic E-state index is 0.880. The average Bonchev–Trinajstić information content (AvgIpc) is 2.74. The van der Waals surface area contributed by atoms with Crippen LogP contribution in [0, 0.1) is 20.8 Å². The molecule has 3 rings (SSSR count). The van der Waals surface area contributed by atoms with E-state index in [-0.39, 0.29) is 0 Å². The maximum Gasteiger partial charge on any atom is 0.0594 e. The molecule has 1 aromatic heterocycles. The van der Waals surface area contributed by atoms with E-state index in [1.807, 2.05) is 0 Å². The predicted molar refractivity (Wildman–Crippen MR) is 83.5 cm³/mol. The Hall–Kier alpha value is -1.32. The van der Waals surface area contributed by atoms with Crippen LogP contribution in [0.15, 0.2) is 12.1 Å². The molecule has 0 amide bonds. The number of fused-ring (bicyclic) bond motifs is 1. The fourth-order valence-electron chi connectivity index (χ4n) is 3.25. The first kappa shape index (κ1) is 13.7. The molecule has 3 heteroatoms. The SMILES string of the molecule is Cc1cc(C)c2[nH]c(C)c(CCN3CCOCC3)c2c1. The Balaban J connectivity index is 1.85. The third-order valence-corrected chi connectivity index (χ3v) is 4.35. The van der Waals surface area contributed by atoms with E-state index in [1.165, 1.54) is 33.3 Å². The van der Waals surface area contributed by atoms with Gasteiger partial charge in [-0.1, -0.05) is 11.6 Å². The number of morpholine rings is 1. The largest absolute Gasteiger partial charge is 0.379 e. The van der Waals surface area contributed by atoms with Gasteiger partial charge in [-0.05, 0) is 44.4 Å². The number of nitrogens with zero attached hydrogens (tertiary/aromatic N) is 1. The minimum absolute atomic E-state index is 0.880. The molecule has 0 unspecified atom stereocenters. The fraction of sp³-hybridized carbons (Fsp3) is 0.529. The van der Waals surface area contributed by atoms with Crippen molar-refractivity contribution in [2.75, 3.05) is 32.8 Å². The molecule has 3 nitrogen and oxygen atoms in total. The van der Waals surface area contributed by atoms with Crippen molar-refractivity contribution in [3.63, 3.8) is 0 Å². The van der Waals surface area contributed by atoms with Gasteiger partial charge in [0.25, 0.3) is 0 Å². The maximum absolute atomic E-state index is 5.41. The topological polar surface area (TPSA) is 28.3 Å². The molecule has 2 aromatic rings. The zero-order valence-corrected chi connectivity index (χ0v) is 12.8. The van der Waals surface area contributed by atoms with Crippen LogP contribution in [0.2, 0.25) is 0 Å². The van der Waals surface area contributed by atoms with Crippen molar-refractivity contribution >= 4 is 10.9 Å². The van der Waals surface area contributed by atoms with Gasteiger partial charge in [0.1, 0.15) is 0 Å². The molecule has 0 bridgehead atoms. The quantitative estimate of drug-likeness (QED) is 0.930. The number of nitrogens with one attached hydrogen (secondary N) is 1. The van der Waals surface area contributed by atoms with Gasteiger partial charge in [0.05, 0.1) is 13.2 Å². The number of rotatable bonds is 3. The molecule has 0 saturated carbocycles. The standard InChI is InChI=1S/C17H24N2O/c1-12-10-13(2)17-16(11-12)15(14(3)18-17)4-5-19-6-8-20-9-7-19/h10-11,18H,4-9H2,1-3H3. The normalized spacial score (nSPS) is 16.9. The highest BCUT2D eigenvalue weighted by atomic mass is 16.5. The number of ether oxygens (including phenoxy) is 1. The first-order valence-electron chi connectivity index (χ1n) is 7.53. The molecule has 1 fully saturated rings. The summed E-state index contributed by atoms with van der Waals surface area (Å²) in [5, 5.41) is 1.41. The molecule has 1 aliphatic heterocycles. The second-order valence-electron chi connectivity index (χ2n) is 5.94. The molecule has 1 aromatic carbocycles. The van der Waals surface area contributed by atoms with Crippen LogP contribution in [0.5, 0.6) is 0 Å². The molecular weight excluding hydrogens is 248 g/mol. The van der Waals surface area contributed by atoms with Gasteiger partial charge in [0.2, 0.25) is 0 Å². The van der Waals surface area contributed by atoms with Gasteiger partial charge in [-0.25, -0.2) is 0 Å². The van der Waals surface area contributed by atoms with Crippen molar-refractivity contribution in [3.05, 3.63) is 34.5 Å². The van der Waals surface area contributed by atoms with Crippen LogP contribution < -0.4 is 0 Å². The number of benzene rings is 1. The van der Waals surface area contributed by atoms with E-state index in [9.17, 15) is 0 Å². The summed E-state index contributed by atoms with van der Waals surface area (Å²) in [6.07, 6.45) is 1.12. The number of aryl methyl sites for hydroxylation is 3. The molecule has 1 aliphatic rings. The lowest BCUT2D eigenvalue weighted by Crippen LogP contribution is -2.37. The summed E-state index contributed by atoms with van der Waals surface area (Å²) in [6, 6.07) is 4.57. The van der Waals surface area contributed by atoms with Crippen molar-refractivity contribution in [1.82, 2.24) is 9.88 Å². The Morgan fingerprint density at radius 1 is 1.15 bits per heavy atom. The van der Waals surface area contributed by atoms with E-state index >= 15 is 0 Å². The van der Waals surface area contributed by atoms with Crippen LogP contribution in [0.1, 0.15) is 22.4 Å². The molecule has 0 radical (unpaired) electrons. The number of aromatic nitrogens is 1. The van der Waals surface area contributed by atoms with Crippen LogP contribution in [0.25, 0.3) is 10.9 Å². The van der Waals surface area contributed by atoms with Crippen LogP contribution in [0.4, 0.5) is 0 Å². The third-order valence-electron chi connectivity index (χ3n) is 4.35. The van der Waals surface area contributed by atoms with Crippen LogP contribution in [-0.2, 0) is 11.2 Å². The predicted octanol–water partition coefficient (Wildman–Crippen LogP) is 2.97. The van der Waals surface area contributed by atoms with Crippen molar-refractivity contribution in [3.8, 4) is 0 Å². The Morgan fingerprint density at radius 3 is 2.65 bits per heavy atom. The second kappa shape index (κ2) is 5.58. The van der Waals surface area contributed by atoms with Crippen molar-refractivity contribution in [1.29, 1.82) is 0 Å². The van der Waals surface area contributed by atoms with E-state index in [2.05, 4.69) is 42.8 Å². The lowest BCUT2D eigenvalue weighted by molar-refractivity contribution is 0.0384. The van der Waals surface area contributed by atoms with E-state index < -0.39 is 0 Å². The van der Waals surface area contributed by atoms with Crippen LogP contribution >= 0.6 is 0 Å². The zero-order valence-electron chi connectivity index (χ0n) is 12.8. The highest BCUT2D eigenvalue weighted by Gasteiger charge is 2.14. The summed E-state index contributed by atoms with van der Waals surface area (Å²) in [5.41, 5.74) is 6.81. The monoisotopic (exact) mass is 272 g/mol. The van der Waals surface area contributed by atoms with Gasteiger partial charge in [0.15, 0.2) is 0 Å². The summed E-state index contributed by atoms with van der Waals surface area (Å²) >= 11 is 0. The van der Waals surface area contributed by atoms with E-state index in [0.717, 1.165) is 39.3 Å². The van der Waals surface area contributed by atoms with Gasteiger partial charge in [-0.15, -0.1) is 0 Å². The molecule has 2 heterocycles. The van der Waals surface area contributed by atoms with E-state index in [4.69, 9.17) is 4.74 Å². The first-order chi connectivity index (χ1) is 9.65. The maximum atomic E-state index is 5.41. The van der Waals surface area contributed by atoms with Crippen molar-refractivity contribution < 1.29 is 4.74 Å². The Labute approximate surface area is 120 Å². The molecule has 1 saturated heterocycles. The lowest BCUT2D eigenvalue weighted by atomic mass is 10.0. The highest BCUT2D eigenvalue weighted by Crippen LogP contribution is 2.26. The van der Waals surface area contributed by atoms with Gasteiger partial charge in [-0.2, -0.15) is 0 Å². The number of aromatic amines is 1. The van der Waals surface area contributed by atoms with Crippen molar-refractivity contribution in [2.24, 2.45) is 0 Å². The molecule has 0 spiro atoms. The van der Waals surface area contributed by atoms with Crippen molar-refractivity contribution in [2.45, 2.75) is 27.2 Å². The van der Waals surface area contributed by atoms with E-state index in [0.29, 0.717) is 0 Å². The number of H-pyrrole nitrogens is 1. The smallest absolute Gasteiger partial charge is 0.0594 e. The van der Waals surface area contributed by atoms with Crippen LogP contribution in [0.3, 0.4) is 0 Å². The van der Waals surface area contributed by atoms with Gasteiger partial charge in [0, 0.05) is 36.2 Å². The summed E-state index contributed by atoms with van der Waals surface area (Å²) in [6.45, 7) is 11.6. The first-order valence-corrected chi connectivity index (χ1v) is 7.53. The average molecular weight is 272 g/mol. The molecule has 0 atom stereocenters. The second-order valence-corrected chi connectivity index (χ2v) is 5.94. The number of hydrogen-bond donors (Lipinski definition) is 1. The summed E-state index contributed by atoms with van der Waals surface area (Å²) in [4.78, 5) is 6.07. The Kier molecular flexibility index (Phi) is 3.81. The Bertz CT molecular complexity index is 609. The van der Waals surface area contributed by atoms with Crippen LogP contribution in [-0.4, -0.2) is 42.7 Å². The third kappa shape index (κ3) is 2.60. The molecule has 108 valence electrons. The van der Waals surface area contributed by atoms with Gasteiger partial charge < -0.3 is 9.72 Å². The lowest BCUT2D eigenvalue weighted by Gasteiger charge is -2.26. The molecular formula is C17H24N2O. The molecule has 20 heavy (non-hydrogen) atoms. The summed E-state index contributed by atoms with van der Waals surface area (Å²) < 4.78 is 5.41.